The van der Waals surface area contributed by atoms with Crippen molar-refractivity contribution in [1.82, 2.24) is 4.57 Å². The fourth-order valence-electron chi connectivity index (χ4n) is 4.47. The zero-order valence-electron chi connectivity index (χ0n) is 18.5. The van der Waals surface area contributed by atoms with Gasteiger partial charge in [-0.05, 0) is 55.3 Å². The molecule has 1 aromatic heterocycles. The number of benzene rings is 3. The van der Waals surface area contributed by atoms with Crippen molar-refractivity contribution in [2.24, 2.45) is 0 Å². The van der Waals surface area contributed by atoms with Gasteiger partial charge in [-0.15, -0.1) is 0 Å². The van der Waals surface area contributed by atoms with Gasteiger partial charge >= 0.3 is 5.91 Å². The minimum Gasteiger partial charge on any atom is -0.502 e. The van der Waals surface area contributed by atoms with Crippen LogP contribution in [-0.4, -0.2) is 28.1 Å². The summed E-state index contributed by atoms with van der Waals surface area (Å²) in [4.78, 5) is 27.3. The highest BCUT2D eigenvalue weighted by molar-refractivity contribution is 6.45. The summed E-state index contributed by atoms with van der Waals surface area (Å²) in [6.07, 6.45) is 0.886. The number of carbonyl (C=O) groups is 2. The minimum atomic E-state index is -0.722. The average Bonchev–Trinajstić information content (AvgIpc) is 3.28. The number of aliphatic hydroxyl groups is 1. The van der Waals surface area contributed by atoms with Crippen molar-refractivity contribution in [2.45, 2.75) is 26.8 Å². The van der Waals surface area contributed by atoms with Gasteiger partial charge in [0.25, 0.3) is 5.91 Å². The lowest BCUT2D eigenvalue weighted by Gasteiger charge is -2.15. The molecule has 2 amide bonds. The predicted molar refractivity (Wildman–Crippen MR) is 129 cm³/mol. The van der Waals surface area contributed by atoms with Crippen molar-refractivity contribution in [3.05, 3.63) is 78.1 Å². The van der Waals surface area contributed by atoms with Crippen LogP contribution in [0, 0.1) is 0 Å². The van der Waals surface area contributed by atoms with Gasteiger partial charge in [0.15, 0.2) is 5.76 Å². The number of imide groups is 1. The van der Waals surface area contributed by atoms with Crippen LogP contribution in [0.5, 0.6) is 5.75 Å². The Morgan fingerprint density at radius 3 is 2.30 bits per heavy atom. The molecule has 33 heavy (non-hydrogen) atoms. The smallest absolute Gasteiger partial charge is 0.301 e. The van der Waals surface area contributed by atoms with Crippen LogP contribution in [0.2, 0.25) is 0 Å². The van der Waals surface area contributed by atoms with Crippen molar-refractivity contribution >= 4 is 44.9 Å². The van der Waals surface area contributed by atoms with E-state index in [-0.39, 0.29) is 5.57 Å². The molecule has 0 bridgehead atoms. The van der Waals surface area contributed by atoms with Crippen LogP contribution in [0.15, 0.2) is 72.5 Å². The van der Waals surface area contributed by atoms with Crippen molar-refractivity contribution < 1.29 is 19.4 Å². The standard InChI is InChI=1S/C27H24N2O4/c1-3-15-33-19-12-9-17(10-13-19)24-25(30)27(32)29(26(24)31)18-11-14-23-21(16-18)20-7-5-6-8-22(20)28(23)4-2/h5-14,16,30H,3-4,15H2,1-2H3. The van der Waals surface area contributed by atoms with E-state index in [4.69, 9.17) is 4.74 Å². The Hall–Kier alpha value is -4.06. The van der Waals surface area contributed by atoms with Gasteiger partial charge in [0.2, 0.25) is 0 Å². The average molecular weight is 440 g/mol. The first kappa shape index (κ1) is 20.8. The maximum absolute atomic E-state index is 13.3. The quantitative estimate of drug-likeness (QED) is 0.405. The molecular formula is C27H24N2O4. The molecule has 0 radical (unpaired) electrons. The zero-order chi connectivity index (χ0) is 23.1. The van der Waals surface area contributed by atoms with E-state index in [9.17, 15) is 14.7 Å². The second-order valence-corrected chi connectivity index (χ2v) is 8.01. The number of amides is 2. The molecule has 0 saturated carbocycles. The highest BCUT2D eigenvalue weighted by Gasteiger charge is 2.40. The van der Waals surface area contributed by atoms with E-state index in [0.29, 0.717) is 23.6 Å². The topological polar surface area (TPSA) is 71.8 Å². The Bertz CT molecular complexity index is 1430. The van der Waals surface area contributed by atoms with E-state index in [1.165, 1.54) is 0 Å². The Morgan fingerprint density at radius 1 is 0.848 bits per heavy atom. The monoisotopic (exact) mass is 440 g/mol. The molecule has 4 aromatic rings. The number of aryl methyl sites for hydroxylation is 1. The minimum absolute atomic E-state index is 0.00174. The fourth-order valence-corrected chi connectivity index (χ4v) is 4.47. The molecule has 0 unspecified atom stereocenters. The van der Waals surface area contributed by atoms with Gasteiger partial charge in [-0.2, -0.15) is 0 Å². The number of fused-ring (bicyclic) bond motifs is 3. The molecule has 1 aliphatic heterocycles. The van der Waals surface area contributed by atoms with Crippen LogP contribution in [-0.2, 0) is 16.1 Å². The summed E-state index contributed by atoms with van der Waals surface area (Å²) in [5.41, 5.74) is 3.03. The Kier molecular flexibility index (Phi) is 5.13. The van der Waals surface area contributed by atoms with Gasteiger partial charge in [0.1, 0.15) is 5.75 Å². The molecule has 0 aliphatic carbocycles. The summed E-state index contributed by atoms with van der Waals surface area (Å²) >= 11 is 0. The predicted octanol–water partition coefficient (Wildman–Crippen LogP) is 5.45. The number of hydrogen-bond acceptors (Lipinski definition) is 4. The SMILES string of the molecule is CCCOc1ccc(C2=C(O)C(=O)N(c3ccc4c(c3)c3ccccc3n4CC)C2=O)cc1. The third-order valence-electron chi connectivity index (χ3n) is 6.01. The first-order chi connectivity index (χ1) is 16.0. The number of para-hydroxylation sites is 1. The lowest BCUT2D eigenvalue weighted by molar-refractivity contribution is -0.121. The largest absolute Gasteiger partial charge is 0.502 e. The third kappa shape index (κ3) is 3.26. The van der Waals surface area contributed by atoms with Gasteiger partial charge in [0.05, 0.1) is 17.9 Å². The van der Waals surface area contributed by atoms with Gasteiger partial charge < -0.3 is 14.4 Å². The first-order valence-electron chi connectivity index (χ1n) is 11.1. The van der Waals surface area contributed by atoms with Gasteiger partial charge in [-0.1, -0.05) is 37.3 Å². The number of ether oxygens (including phenoxy) is 1. The Labute approximate surface area is 191 Å². The molecule has 5 rings (SSSR count). The summed E-state index contributed by atoms with van der Waals surface area (Å²) in [7, 11) is 0. The third-order valence-corrected chi connectivity index (χ3v) is 6.01. The molecular weight excluding hydrogens is 416 g/mol. The molecule has 0 saturated heterocycles. The number of hydrogen-bond donors (Lipinski definition) is 1. The Morgan fingerprint density at radius 2 is 1.58 bits per heavy atom. The molecule has 6 nitrogen and oxygen atoms in total. The van der Waals surface area contributed by atoms with E-state index in [2.05, 4.69) is 17.6 Å². The van der Waals surface area contributed by atoms with Crippen LogP contribution in [0.3, 0.4) is 0 Å². The summed E-state index contributed by atoms with van der Waals surface area (Å²) < 4.78 is 7.78. The van der Waals surface area contributed by atoms with Crippen molar-refractivity contribution in [3.63, 3.8) is 0 Å². The molecule has 166 valence electrons. The number of carbonyl (C=O) groups excluding carboxylic acids is 2. The van der Waals surface area contributed by atoms with Gasteiger partial charge in [-0.3, -0.25) is 9.59 Å². The molecule has 1 aliphatic rings. The Balaban J connectivity index is 1.54. The summed E-state index contributed by atoms with van der Waals surface area (Å²) in [5, 5.41) is 12.6. The van der Waals surface area contributed by atoms with Crippen molar-refractivity contribution in [3.8, 4) is 5.75 Å². The fraction of sp³-hybridized carbons (Fsp3) is 0.185. The van der Waals surface area contributed by atoms with Crippen LogP contribution in [0.25, 0.3) is 27.4 Å². The van der Waals surface area contributed by atoms with Gasteiger partial charge in [-0.25, -0.2) is 4.90 Å². The molecule has 0 spiro atoms. The maximum Gasteiger partial charge on any atom is 0.301 e. The van der Waals surface area contributed by atoms with Gasteiger partial charge in [0, 0.05) is 28.4 Å². The van der Waals surface area contributed by atoms with Crippen LogP contribution < -0.4 is 9.64 Å². The number of rotatable bonds is 6. The molecule has 1 N–H and O–H groups in total. The van der Waals surface area contributed by atoms with E-state index < -0.39 is 17.6 Å². The summed E-state index contributed by atoms with van der Waals surface area (Å²) in [6, 6.07) is 20.4. The first-order valence-corrected chi connectivity index (χ1v) is 11.1. The van der Waals surface area contributed by atoms with E-state index in [1.807, 2.05) is 37.3 Å². The second kappa shape index (κ2) is 8.13. The van der Waals surface area contributed by atoms with E-state index in [0.717, 1.165) is 39.7 Å². The zero-order valence-corrected chi connectivity index (χ0v) is 18.5. The number of aliphatic hydroxyl groups excluding tert-OH is 1. The van der Waals surface area contributed by atoms with Crippen molar-refractivity contribution in [2.75, 3.05) is 11.5 Å². The number of anilines is 1. The molecule has 6 heteroatoms. The number of nitrogens with zero attached hydrogens (tertiary/aromatic N) is 2. The summed E-state index contributed by atoms with van der Waals surface area (Å²) in [5.74, 6) is -1.14. The highest BCUT2D eigenvalue weighted by atomic mass is 16.5. The molecule has 0 atom stereocenters. The maximum atomic E-state index is 13.3. The second-order valence-electron chi connectivity index (χ2n) is 8.01. The number of aromatic nitrogens is 1. The molecule has 0 fully saturated rings. The molecule has 3 aromatic carbocycles. The summed E-state index contributed by atoms with van der Waals surface area (Å²) in [6.45, 7) is 5.50. The highest BCUT2D eigenvalue weighted by Crippen LogP contribution is 2.36. The lowest BCUT2D eigenvalue weighted by atomic mass is 10.1. The van der Waals surface area contributed by atoms with Crippen molar-refractivity contribution in [1.29, 1.82) is 0 Å². The van der Waals surface area contributed by atoms with Crippen LogP contribution in [0.4, 0.5) is 5.69 Å². The van der Waals surface area contributed by atoms with Crippen LogP contribution in [0.1, 0.15) is 25.8 Å². The van der Waals surface area contributed by atoms with E-state index >= 15 is 0 Å². The van der Waals surface area contributed by atoms with Crippen LogP contribution >= 0.6 is 0 Å². The molecule has 2 heterocycles. The normalized spacial score (nSPS) is 14.2. The van der Waals surface area contributed by atoms with E-state index in [1.54, 1.807) is 30.3 Å². The lowest BCUT2D eigenvalue weighted by Crippen LogP contribution is -2.31.